The van der Waals surface area contributed by atoms with Crippen LogP contribution in [0.5, 0.6) is 5.75 Å². The first-order valence-corrected chi connectivity index (χ1v) is 6.07. The Kier molecular flexibility index (Phi) is 4.18. The predicted octanol–water partition coefficient (Wildman–Crippen LogP) is 3.05. The molecule has 0 amide bonds. The first-order chi connectivity index (χ1) is 8.81. The van der Waals surface area contributed by atoms with Crippen molar-refractivity contribution in [3.05, 3.63) is 53.9 Å². The van der Waals surface area contributed by atoms with Crippen LogP contribution in [0.1, 0.15) is 11.1 Å². The van der Waals surface area contributed by atoms with E-state index in [1.165, 1.54) is 5.56 Å². The molecule has 18 heavy (non-hydrogen) atoms. The van der Waals surface area contributed by atoms with E-state index in [0.29, 0.717) is 0 Å². The fraction of sp³-hybridized carbons (Fsp3) is 0.267. The molecule has 2 aromatic rings. The van der Waals surface area contributed by atoms with Crippen LogP contribution >= 0.6 is 0 Å². The zero-order chi connectivity index (χ0) is 12.8. The van der Waals surface area contributed by atoms with Gasteiger partial charge in [0.25, 0.3) is 0 Å². The molecule has 0 radical (unpaired) electrons. The minimum absolute atomic E-state index is 0.880. The first-order valence-electron chi connectivity index (χ1n) is 6.07. The second-order valence-corrected chi connectivity index (χ2v) is 4.18. The Hall–Kier alpha value is -2.03. The molecule has 3 nitrogen and oxygen atoms in total. The van der Waals surface area contributed by atoms with Gasteiger partial charge in [0.05, 0.1) is 7.11 Å². The summed E-state index contributed by atoms with van der Waals surface area (Å²) >= 11 is 0. The van der Waals surface area contributed by atoms with Crippen LogP contribution in [0, 0.1) is 6.92 Å². The van der Waals surface area contributed by atoms with E-state index in [9.17, 15) is 0 Å². The summed E-state index contributed by atoms with van der Waals surface area (Å²) in [5, 5.41) is 3.42. The average Bonchev–Trinajstić information content (AvgIpc) is 2.41. The highest BCUT2D eigenvalue weighted by Gasteiger charge is 2.01. The van der Waals surface area contributed by atoms with Crippen LogP contribution in [0.15, 0.2) is 42.7 Å². The Morgan fingerprint density at radius 1 is 1.22 bits per heavy atom. The minimum atomic E-state index is 0.880. The van der Waals surface area contributed by atoms with E-state index in [4.69, 9.17) is 4.74 Å². The van der Waals surface area contributed by atoms with Crippen LogP contribution in [-0.4, -0.2) is 18.6 Å². The Morgan fingerprint density at radius 2 is 2.06 bits per heavy atom. The Morgan fingerprint density at radius 3 is 2.83 bits per heavy atom. The summed E-state index contributed by atoms with van der Waals surface area (Å²) in [5.74, 6) is 0.950. The summed E-state index contributed by atoms with van der Waals surface area (Å²) in [6, 6.07) is 10.1. The van der Waals surface area contributed by atoms with Crippen molar-refractivity contribution in [2.75, 3.05) is 19.0 Å². The van der Waals surface area contributed by atoms with Crippen LogP contribution in [0.4, 0.5) is 5.69 Å². The third-order valence-electron chi connectivity index (χ3n) is 2.92. The number of nitrogens with zero attached hydrogens (tertiary/aromatic N) is 1. The van der Waals surface area contributed by atoms with Crippen molar-refractivity contribution in [3.8, 4) is 5.75 Å². The number of pyridine rings is 1. The lowest BCUT2D eigenvalue weighted by atomic mass is 10.1. The van der Waals surface area contributed by atoms with Crippen molar-refractivity contribution < 1.29 is 4.74 Å². The van der Waals surface area contributed by atoms with Crippen molar-refractivity contribution in [2.24, 2.45) is 0 Å². The lowest BCUT2D eigenvalue weighted by molar-refractivity contribution is 0.410. The molecule has 2 rings (SSSR count). The van der Waals surface area contributed by atoms with Crippen LogP contribution in [0.3, 0.4) is 0 Å². The van der Waals surface area contributed by atoms with Crippen molar-refractivity contribution in [3.63, 3.8) is 0 Å². The average molecular weight is 242 g/mol. The molecule has 0 aliphatic carbocycles. The second-order valence-electron chi connectivity index (χ2n) is 4.18. The molecule has 94 valence electrons. The number of aromatic nitrogens is 1. The molecule has 0 fully saturated rings. The summed E-state index contributed by atoms with van der Waals surface area (Å²) in [4.78, 5) is 4.08. The highest BCUT2D eigenvalue weighted by Crippen LogP contribution is 2.18. The van der Waals surface area contributed by atoms with Crippen molar-refractivity contribution >= 4 is 5.69 Å². The van der Waals surface area contributed by atoms with Crippen molar-refractivity contribution in [1.29, 1.82) is 0 Å². The monoisotopic (exact) mass is 242 g/mol. The summed E-state index contributed by atoms with van der Waals surface area (Å²) in [6.07, 6.45) is 4.61. The summed E-state index contributed by atoms with van der Waals surface area (Å²) in [5.41, 5.74) is 3.52. The quantitative estimate of drug-likeness (QED) is 0.875. The maximum absolute atomic E-state index is 5.33. The first kappa shape index (κ1) is 12.4. The number of para-hydroxylation sites is 1. The molecule has 0 atom stereocenters. The fourth-order valence-electron chi connectivity index (χ4n) is 1.91. The number of rotatable bonds is 5. The largest absolute Gasteiger partial charge is 0.496 e. The maximum atomic E-state index is 5.33. The van der Waals surface area contributed by atoms with E-state index in [1.54, 1.807) is 13.3 Å². The summed E-state index contributed by atoms with van der Waals surface area (Å²) in [7, 11) is 1.71. The molecule has 1 aromatic heterocycles. The molecule has 1 aromatic carbocycles. The van der Waals surface area contributed by atoms with Gasteiger partial charge in [0.2, 0.25) is 0 Å². The van der Waals surface area contributed by atoms with E-state index in [1.807, 2.05) is 30.5 Å². The molecule has 1 N–H and O–H groups in total. The third-order valence-corrected chi connectivity index (χ3v) is 2.92. The van der Waals surface area contributed by atoms with Gasteiger partial charge in [0.1, 0.15) is 5.75 Å². The van der Waals surface area contributed by atoms with E-state index in [-0.39, 0.29) is 0 Å². The van der Waals surface area contributed by atoms with Crippen LogP contribution in [-0.2, 0) is 6.42 Å². The van der Waals surface area contributed by atoms with Gasteiger partial charge in [0, 0.05) is 24.6 Å². The molecule has 0 unspecified atom stereocenters. The predicted molar refractivity (Wildman–Crippen MR) is 74.2 cm³/mol. The lowest BCUT2D eigenvalue weighted by Crippen LogP contribution is -2.07. The van der Waals surface area contributed by atoms with Crippen LogP contribution < -0.4 is 10.1 Å². The Bertz CT molecular complexity index is 511. The van der Waals surface area contributed by atoms with Gasteiger partial charge in [-0.15, -0.1) is 0 Å². The van der Waals surface area contributed by atoms with Crippen molar-refractivity contribution in [2.45, 2.75) is 13.3 Å². The van der Waals surface area contributed by atoms with Gasteiger partial charge in [-0.05, 0) is 36.6 Å². The van der Waals surface area contributed by atoms with Crippen molar-refractivity contribution in [1.82, 2.24) is 4.98 Å². The number of nitrogens with one attached hydrogen (secondary N) is 1. The van der Waals surface area contributed by atoms with Crippen LogP contribution in [0.2, 0.25) is 0 Å². The number of anilines is 1. The van der Waals surface area contributed by atoms with E-state index < -0.39 is 0 Å². The Balaban J connectivity index is 1.95. The molecule has 0 saturated heterocycles. The molecule has 0 aliphatic heterocycles. The molecule has 0 aliphatic rings. The number of hydrogen-bond acceptors (Lipinski definition) is 3. The van der Waals surface area contributed by atoms with Crippen LogP contribution in [0.25, 0.3) is 0 Å². The fourth-order valence-corrected chi connectivity index (χ4v) is 1.91. The molecule has 0 saturated carbocycles. The zero-order valence-corrected chi connectivity index (χ0v) is 10.8. The van der Waals surface area contributed by atoms with E-state index >= 15 is 0 Å². The van der Waals surface area contributed by atoms with Gasteiger partial charge >= 0.3 is 0 Å². The number of methoxy groups -OCH3 is 1. The number of ether oxygens (including phenoxy) is 1. The van der Waals surface area contributed by atoms with Gasteiger partial charge < -0.3 is 10.1 Å². The number of aryl methyl sites for hydroxylation is 1. The summed E-state index contributed by atoms with van der Waals surface area (Å²) in [6.45, 7) is 2.93. The van der Waals surface area contributed by atoms with E-state index in [2.05, 4.69) is 23.3 Å². The standard InChI is InChI=1S/C15H18N2O/c1-12-11-16-9-8-14(12)17-10-7-13-5-3-4-6-15(13)18-2/h3-6,8-9,11H,7,10H2,1-2H3,(H,16,17). The maximum Gasteiger partial charge on any atom is 0.122 e. The summed E-state index contributed by atoms with van der Waals surface area (Å²) < 4.78 is 5.33. The highest BCUT2D eigenvalue weighted by atomic mass is 16.5. The SMILES string of the molecule is COc1ccccc1CCNc1ccncc1C. The normalized spacial score (nSPS) is 10.1. The van der Waals surface area contributed by atoms with Gasteiger partial charge in [-0.3, -0.25) is 4.98 Å². The second kappa shape index (κ2) is 6.05. The van der Waals surface area contributed by atoms with Gasteiger partial charge in [-0.25, -0.2) is 0 Å². The molecular formula is C15H18N2O. The number of benzene rings is 1. The number of hydrogen-bond donors (Lipinski definition) is 1. The molecule has 1 heterocycles. The van der Waals surface area contributed by atoms with E-state index in [0.717, 1.165) is 30.0 Å². The Labute approximate surface area is 108 Å². The lowest BCUT2D eigenvalue weighted by Gasteiger charge is -2.11. The molecule has 0 bridgehead atoms. The highest BCUT2D eigenvalue weighted by molar-refractivity contribution is 5.48. The van der Waals surface area contributed by atoms with Gasteiger partial charge in [-0.1, -0.05) is 18.2 Å². The zero-order valence-electron chi connectivity index (χ0n) is 10.8. The molecular weight excluding hydrogens is 224 g/mol. The minimum Gasteiger partial charge on any atom is -0.496 e. The van der Waals surface area contributed by atoms with Gasteiger partial charge in [-0.2, -0.15) is 0 Å². The smallest absolute Gasteiger partial charge is 0.122 e. The third kappa shape index (κ3) is 3.00. The molecule has 3 heteroatoms. The topological polar surface area (TPSA) is 34.1 Å². The molecule has 0 spiro atoms. The van der Waals surface area contributed by atoms with Gasteiger partial charge in [0.15, 0.2) is 0 Å².